The number of halogens is 1. The van der Waals surface area contributed by atoms with Gasteiger partial charge in [0.2, 0.25) is 0 Å². The highest BCUT2D eigenvalue weighted by atomic mass is 35.5. The molecule has 18 heavy (non-hydrogen) atoms. The molecule has 2 fully saturated rings. The maximum Gasteiger partial charge on any atom is 1.00 e. The van der Waals surface area contributed by atoms with Crippen LogP contribution in [0.15, 0.2) is 30.3 Å². The maximum atomic E-state index is 11.9. The summed E-state index contributed by atoms with van der Waals surface area (Å²) in [5, 5.41) is 3.54. The number of fused-ring (bicyclic) bond motifs is 2. The number of benzene rings is 1. The number of rotatable bonds is 2. The normalized spacial score (nSPS) is 29.4. The summed E-state index contributed by atoms with van der Waals surface area (Å²) in [6, 6.07) is 10.4. The van der Waals surface area contributed by atoms with E-state index in [2.05, 4.69) is 5.32 Å². The number of carbonyl (C=O) groups is 1. The first-order chi connectivity index (χ1) is 8.31. The van der Waals surface area contributed by atoms with Crippen LogP contribution in [0.4, 0.5) is 0 Å². The van der Waals surface area contributed by atoms with Gasteiger partial charge in [-0.25, -0.2) is 4.79 Å². The molecule has 4 heteroatoms. The van der Waals surface area contributed by atoms with E-state index in [0.717, 1.165) is 12.8 Å². The van der Waals surface area contributed by atoms with E-state index in [9.17, 15) is 4.79 Å². The van der Waals surface area contributed by atoms with Crippen molar-refractivity contribution < 1.29 is 23.4 Å². The van der Waals surface area contributed by atoms with Crippen LogP contribution in [0.25, 0.3) is 0 Å². The van der Waals surface area contributed by atoms with Crippen molar-refractivity contribution >= 4 is 5.97 Å². The van der Waals surface area contributed by atoms with Crippen LogP contribution < -0.4 is 17.7 Å². The van der Waals surface area contributed by atoms with Gasteiger partial charge >= 0.3 is 7.40 Å². The lowest BCUT2D eigenvalue weighted by molar-refractivity contribution is -0.0000613. The zero-order valence-electron chi connectivity index (χ0n) is 11.1. The fourth-order valence-electron chi connectivity index (χ4n) is 2.89. The molecule has 3 nitrogen and oxygen atoms in total. The monoisotopic (exact) mass is 267 g/mol. The van der Waals surface area contributed by atoms with Gasteiger partial charge < -0.3 is 22.5 Å². The zero-order chi connectivity index (χ0) is 11.7. The molecule has 0 saturated carbocycles. The molecule has 98 valence electrons. The number of carbonyl (C=O) groups excluding carboxylic acids is 1. The quantitative estimate of drug-likeness (QED) is 0.717. The number of nitrogens with one attached hydrogen (secondary N) is 1. The molecule has 2 bridgehead atoms. The summed E-state index contributed by atoms with van der Waals surface area (Å²) >= 11 is 0. The largest absolute Gasteiger partial charge is 1.00 e. The van der Waals surface area contributed by atoms with E-state index in [0.29, 0.717) is 17.6 Å². The Balaban J connectivity index is 0.000000902. The van der Waals surface area contributed by atoms with Crippen LogP contribution in [0, 0.1) is 0 Å². The van der Waals surface area contributed by atoms with Crippen LogP contribution in [0.2, 0.25) is 0 Å². The summed E-state index contributed by atoms with van der Waals surface area (Å²) in [6.07, 6.45) is 4.49. The van der Waals surface area contributed by atoms with Crippen molar-refractivity contribution in [2.24, 2.45) is 0 Å². The Hall–Kier alpha value is -1.06. The molecule has 0 aliphatic carbocycles. The van der Waals surface area contributed by atoms with E-state index in [1.807, 2.05) is 18.2 Å². The average Bonchev–Trinajstić information content (AvgIpc) is 2.70. The van der Waals surface area contributed by atoms with Gasteiger partial charge in [0, 0.05) is 12.1 Å². The predicted octanol–water partition coefficient (Wildman–Crippen LogP) is -0.757. The van der Waals surface area contributed by atoms with Gasteiger partial charge in [-0.15, -0.1) is 0 Å². The summed E-state index contributed by atoms with van der Waals surface area (Å²) < 4.78 is 5.58. The first kappa shape index (κ1) is 13.4. The van der Waals surface area contributed by atoms with Crippen LogP contribution in [-0.4, -0.2) is 24.2 Å². The minimum absolute atomic E-state index is 0. The van der Waals surface area contributed by atoms with Gasteiger partial charge in [-0.05, 0) is 37.8 Å². The van der Waals surface area contributed by atoms with Crippen LogP contribution in [0.1, 0.15) is 37.5 Å². The van der Waals surface area contributed by atoms with Gasteiger partial charge in [0.05, 0.1) is 5.56 Å². The molecule has 1 N–H and O–H groups in total. The Morgan fingerprint density at radius 1 is 1.17 bits per heavy atom. The molecular weight excluding hydrogens is 250 g/mol. The fourth-order valence-corrected chi connectivity index (χ4v) is 2.89. The van der Waals surface area contributed by atoms with Crippen molar-refractivity contribution in [3.8, 4) is 0 Å². The fraction of sp³-hybridized carbons (Fsp3) is 0.500. The van der Waals surface area contributed by atoms with Gasteiger partial charge in [0.15, 0.2) is 0 Å². The molecular formula is C14H18ClNO2. The third-order valence-electron chi connectivity index (χ3n) is 3.71. The number of ether oxygens (including phenoxy) is 1. The Morgan fingerprint density at radius 2 is 1.78 bits per heavy atom. The minimum Gasteiger partial charge on any atom is -1.00 e. The second kappa shape index (κ2) is 5.72. The molecule has 2 heterocycles. The topological polar surface area (TPSA) is 38.3 Å². The Kier molecular flexibility index (Phi) is 4.25. The van der Waals surface area contributed by atoms with E-state index >= 15 is 0 Å². The molecule has 0 spiro atoms. The highest BCUT2D eigenvalue weighted by Gasteiger charge is 2.35. The van der Waals surface area contributed by atoms with Gasteiger partial charge in [-0.3, -0.25) is 0 Å². The molecule has 1 aromatic rings. The van der Waals surface area contributed by atoms with Crippen molar-refractivity contribution in [2.45, 2.75) is 43.9 Å². The first-order valence-electron chi connectivity index (χ1n) is 6.33. The van der Waals surface area contributed by atoms with E-state index in [4.69, 9.17) is 4.74 Å². The average molecular weight is 268 g/mol. The van der Waals surface area contributed by atoms with Crippen LogP contribution in [0.5, 0.6) is 0 Å². The molecule has 2 unspecified atom stereocenters. The summed E-state index contributed by atoms with van der Waals surface area (Å²) in [5.41, 5.74) is 0.651. The third kappa shape index (κ3) is 2.85. The third-order valence-corrected chi connectivity index (χ3v) is 3.71. The summed E-state index contributed by atoms with van der Waals surface area (Å²) in [4.78, 5) is 11.9. The van der Waals surface area contributed by atoms with Gasteiger partial charge in [0.1, 0.15) is 6.10 Å². The lowest BCUT2D eigenvalue weighted by atomic mass is 10.0. The van der Waals surface area contributed by atoms with Gasteiger partial charge in [0.25, 0.3) is 0 Å². The molecule has 2 atom stereocenters. The summed E-state index contributed by atoms with van der Waals surface area (Å²) in [5.74, 6) is -0.183. The second-order valence-corrected chi connectivity index (χ2v) is 5.00. The van der Waals surface area contributed by atoms with Crippen LogP contribution in [-0.2, 0) is 4.74 Å². The first-order valence-corrected chi connectivity index (χ1v) is 6.33. The number of hydrogen-bond donors (Lipinski definition) is 1. The molecule has 1 aromatic carbocycles. The smallest absolute Gasteiger partial charge is 1.00 e. The molecule has 2 saturated heterocycles. The Morgan fingerprint density at radius 3 is 2.39 bits per heavy atom. The van der Waals surface area contributed by atoms with Crippen LogP contribution >= 0.6 is 0 Å². The lowest BCUT2D eigenvalue weighted by Crippen LogP contribution is -3.00. The van der Waals surface area contributed by atoms with Crippen molar-refractivity contribution in [3.05, 3.63) is 35.9 Å². The molecule has 2 aliphatic heterocycles. The zero-order valence-corrected chi connectivity index (χ0v) is 10.9. The summed E-state index contributed by atoms with van der Waals surface area (Å²) in [7, 11) is 0. The summed E-state index contributed by atoms with van der Waals surface area (Å²) in [6.45, 7) is 0. The van der Waals surface area contributed by atoms with Crippen LogP contribution in [0.3, 0.4) is 0 Å². The molecule has 0 aromatic heterocycles. The molecule has 3 rings (SSSR count). The van der Waals surface area contributed by atoms with E-state index < -0.39 is 0 Å². The standard InChI is InChI=1S/C14H17NO2.ClH/c16-14(10-4-2-1-3-5-10)17-13-8-11-6-7-12(9-13)15-11;/h1-5,11-13,15H,6-9H2;1H. The maximum absolute atomic E-state index is 11.9. The number of piperidine rings is 1. The van der Waals surface area contributed by atoms with Crippen molar-refractivity contribution in [3.63, 3.8) is 0 Å². The molecule has 0 radical (unpaired) electrons. The van der Waals surface area contributed by atoms with Crippen molar-refractivity contribution in [1.29, 1.82) is 0 Å². The predicted molar refractivity (Wildman–Crippen MR) is 65.9 cm³/mol. The van der Waals surface area contributed by atoms with E-state index in [1.54, 1.807) is 12.1 Å². The number of hydrogen-bond acceptors (Lipinski definition) is 3. The minimum atomic E-state index is -0.183. The van der Waals surface area contributed by atoms with Gasteiger partial charge in [-0.1, -0.05) is 18.2 Å². The Labute approximate surface area is 115 Å². The van der Waals surface area contributed by atoms with Gasteiger partial charge in [-0.2, -0.15) is 0 Å². The second-order valence-electron chi connectivity index (χ2n) is 5.00. The van der Waals surface area contributed by atoms with Crippen molar-refractivity contribution in [1.82, 2.24) is 5.32 Å². The van der Waals surface area contributed by atoms with E-state index in [-0.39, 0.29) is 25.9 Å². The SMILES string of the molecule is O=C(OC1CC2CCC(C1)N2)c1ccccc1.[Cl-].[H+]. The molecule has 0 amide bonds. The highest BCUT2D eigenvalue weighted by molar-refractivity contribution is 5.89. The highest BCUT2D eigenvalue weighted by Crippen LogP contribution is 2.28. The van der Waals surface area contributed by atoms with E-state index in [1.165, 1.54) is 12.8 Å². The number of esters is 1. The molecule has 2 aliphatic rings. The Bertz CT molecular complexity index is 403. The van der Waals surface area contributed by atoms with Crippen molar-refractivity contribution in [2.75, 3.05) is 0 Å². The lowest BCUT2D eigenvalue weighted by Gasteiger charge is -2.28.